The molecule has 0 N–H and O–H groups in total. The van der Waals surface area contributed by atoms with Crippen molar-refractivity contribution >= 4 is 5.91 Å². The van der Waals surface area contributed by atoms with E-state index in [0.717, 1.165) is 50.1 Å². The Labute approximate surface area is 142 Å². The molecule has 1 amide bonds. The second kappa shape index (κ2) is 7.79. The van der Waals surface area contributed by atoms with E-state index in [1.807, 2.05) is 24.0 Å². The lowest BCUT2D eigenvalue weighted by atomic mass is 9.95. The molecule has 1 aromatic carbocycles. The first-order valence-corrected chi connectivity index (χ1v) is 8.65. The van der Waals surface area contributed by atoms with Crippen molar-refractivity contribution < 1.29 is 18.7 Å². The van der Waals surface area contributed by atoms with Gasteiger partial charge in [-0.15, -0.1) is 0 Å². The molecule has 0 unspecified atom stereocenters. The summed E-state index contributed by atoms with van der Waals surface area (Å²) < 4.78 is 23.6. The third-order valence-electron chi connectivity index (χ3n) is 4.85. The minimum Gasteiger partial charge on any atom is -0.489 e. The topological polar surface area (TPSA) is 38.8 Å². The molecule has 24 heavy (non-hydrogen) atoms. The Balaban J connectivity index is 1.69. The number of ether oxygens (including phenoxy) is 2. The van der Waals surface area contributed by atoms with E-state index in [1.54, 1.807) is 6.07 Å². The summed E-state index contributed by atoms with van der Waals surface area (Å²) in [6, 6.07) is 5.84. The fraction of sp³-hybridized carbons (Fsp3) is 0.526. The van der Waals surface area contributed by atoms with Crippen LogP contribution in [-0.4, -0.2) is 43.2 Å². The molecule has 2 heterocycles. The molecule has 2 aliphatic rings. The smallest absolute Gasteiger partial charge is 0.254 e. The van der Waals surface area contributed by atoms with Crippen LogP contribution >= 0.6 is 0 Å². The van der Waals surface area contributed by atoms with Crippen molar-refractivity contribution in [3.8, 4) is 5.75 Å². The van der Waals surface area contributed by atoms with Gasteiger partial charge in [-0.25, -0.2) is 4.39 Å². The highest BCUT2D eigenvalue weighted by Gasteiger charge is 2.31. The summed E-state index contributed by atoms with van der Waals surface area (Å²) in [7, 11) is 0. The fourth-order valence-corrected chi connectivity index (χ4v) is 3.30. The number of carbonyl (C=O) groups is 1. The number of rotatable bonds is 5. The quantitative estimate of drug-likeness (QED) is 0.828. The average Bonchev–Trinajstić information content (AvgIpc) is 2.63. The minimum atomic E-state index is 0.104. The first kappa shape index (κ1) is 17.0. The van der Waals surface area contributed by atoms with E-state index < -0.39 is 0 Å². The third-order valence-corrected chi connectivity index (χ3v) is 4.85. The van der Waals surface area contributed by atoms with Gasteiger partial charge in [-0.2, -0.15) is 0 Å². The van der Waals surface area contributed by atoms with Crippen molar-refractivity contribution in [2.24, 2.45) is 0 Å². The summed E-state index contributed by atoms with van der Waals surface area (Å²) >= 11 is 0. The van der Waals surface area contributed by atoms with Gasteiger partial charge < -0.3 is 14.4 Å². The van der Waals surface area contributed by atoms with Crippen molar-refractivity contribution in [2.45, 2.75) is 38.6 Å². The average molecular weight is 333 g/mol. The SMILES string of the molecule is CC/C(=C/F)COc1ccc2c(c1)CCN(C1CCOCC1)C2=O. The van der Waals surface area contributed by atoms with Gasteiger partial charge in [0.25, 0.3) is 5.91 Å². The third kappa shape index (κ3) is 3.61. The zero-order valence-corrected chi connectivity index (χ0v) is 14.1. The lowest BCUT2D eigenvalue weighted by molar-refractivity contribution is 0.0276. The molecular weight excluding hydrogens is 309 g/mol. The van der Waals surface area contributed by atoms with E-state index in [1.165, 1.54) is 0 Å². The highest BCUT2D eigenvalue weighted by molar-refractivity contribution is 5.97. The van der Waals surface area contributed by atoms with Gasteiger partial charge in [-0.05, 0) is 55.0 Å². The monoisotopic (exact) mass is 333 g/mol. The van der Waals surface area contributed by atoms with Crippen LogP contribution in [0.15, 0.2) is 30.1 Å². The summed E-state index contributed by atoms with van der Waals surface area (Å²) in [6.07, 6.45) is 3.89. The molecule has 3 rings (SSSR count). The van der Waals surface area contributed by atoms with Gasteiger partial charge in [0.1, 0.15) is 12.4 Å². The maximum atomic E-state index is 12.8. The van der Waals surface area contributed by atoms with Crippen LogP contribution in [0.4, 0.5) is 4.39 Å². The van der Waals surface area contributed by atoms with Crippen LogP contribution in [0.5, 0.6) is 5.75 Å². The zero-order valence-electron chi connectivity index (χ0n) is 14.1. The normalized spacial score (nSPS) is 19.3. The molecule has 5 heteroatoms. The van der Waals surface area contributed by atoms with Gasteiger partial charge in [0, 0.05) is 31.4 Å². The summed E-state index contributed by atoms with van der Waals surface area (Å²) in [5, 5.41) is 0. The van der Waals surface area contributed by atoms with E-state index in [0.29, 0.717) is 24.1 Å². The number of carbonyl (C=O) groups excluding carboxylic acids is 1. The molecule has 2 aliphatic heterocycles. The molecule has 0 radical (unpaired) electrons. The Morgan fingerprint density at radius 2 is 2.21 bits per heavy atom. The van der Waals surface area contributed by atoms with Gasteiger partial charge in [-0.3, -0.25) is 4.79 Å². The number of hydrogen-bond donors (Lipinski definition) is 0. The van der Waals surface area contributed by atoms with Gasteiger partial charge in [0.05, 0.1) is 6.33 Å². The standard InChI is InChI=1S/C19H24FNO3/c1-2-14(12-20)13-24-17-3-4-18-15(11-17)5-8-21(19(18)22)16-6-9-23-10-7-16/h3-4,11-12,16H,2,5-10,13H2,1H3/b14-12-. The second-order valence-electron chi connectivity index (χ2n) is 6.32. The van der Waals surface area contributed by atoms with E-state index >= 15 is 0 Å². The number of amides is 1. The van der Waals surface area contributed by atoms with Crippen molar-refractivity contribution in [3.63, 3.8) is 0 Å². The predicted octanol–water partition coefficient (Wildman–Crippen LogP) is 3.51. The molecule has 4 nitrogen and oxygen atoms in total. The highest BCUT2D eigenvalue weighted by atomic mass is 19.1. The van der Waals surface area contributed by atoms with Gasteiger partial charge in [0.15, 0.2) is 0 Å². The molecule has 1 saturated heterocycles. The summed E-state index contributed by atoms with van der Waals surface area (Å²) in [6.45, 7) is 4.34. The number of nitrogens with zero attached hydrogens (tertiary/aromatic N) is 1. The Morgan fingerprint density at radius 1 is 1.42 bits per heavy atom. The van der Waals surface area contributed by atoms with Crippen molar-refractivity contribution in [2.75, 3.05) is 26.4 Å². The summed E-state index contributed by atoms with van der Waals surface area (Å²) in [5.41, 5.74) is 2.40. The highest BCUT2D eigenvalue weighted by Crippen LogP contribution is 2.27. The number of benzene rings is 1. The van der Waals surface area contributed by atoms with Crippen molar-refractivity contribution in [1.29, 1.82) is 0 Å². The van der Waals surface area contributed by atoms with Gasteiger partial charge in [0.2, 0.25) is 0 Å². The molecule has 130 valence electrons. The Morgan fingerprint density at radius 3 is 2.92 bits per heavy atom. The van der Waals surface area contributed by atoms with Gasteiger partial charge in [-0.1, -0.05) is 6.92 Å². The molecule has 0 aliphatic carbocycles. The van der Waals surface area contributed by atoms with E-state index in [2.05, 4.69) is 0 Å². The molecule has 0 saturated carbocycles. The molecule has 1 fully saturated rings. The zero-order chi connectivity index (χ0) is 16.9. The Kier molecular flexibility index (Phi) is 5.51. The van der Waals surface area contributed by atoms with Crippen molar-refractivity contribution in [1.82, 2.24) is 4.90 Å². The predicted molar refractivity (Wildman–Crippen MR) is 90.0 cm³/mol. The van der Waals surface area contributed by atoms with E-state index in [4.69, 9.17) is 9.47 Å². The van der Waals surface area contributed by atoms with E-state index in [9.17, 15) is 9.18 Å². The van der Waals surface area contributed by atoms with Crippen LogP contribution in [0.25, 0.3) is 0 Å². The Bertz CT molecular complexity index is 623. The maximum Gasteiger partial charge on any atom is 0.254 e. The second-order valence-corrected chi connectivity index (χ2v) is 6.32. The molecular formula is C19H24FNO3. The number of hydrogen-bond acceptors (Lipinski definition) is 3. The molecule has 0 bridgehead atoms. The lowest BCUT2D eigenvalue weighted by Crippen LogP contribution is -2.47. The van der Waals surface area contributed by atoms with Gasteiger partial charge >= 0.3 is 0 Å². The first-order chi connectivity index (χ1) is 11.7. The lowest BCUT2D eigenvalue weighted by Gasteiger charge is -2.37. The van der Waals surface area contributed by atoms with Crippen LogP contribution in [0.3, 0.4) is 0 Å². The van der Waals surface area contributed by atoms with Crippen molar-refractivity contribution in [3.05, 3.63) is 41.2 Å². The van der Waals surface area contributed by atoms with Crippen LogP contribution < -0.4 is 4.74 Å². The molecule has 0 spiro atoms. The van der Waals surface area contributed by atoms with Crippen LogP contribution in [-0.2, 0) is 11.2 Å². The molecule has 0 atom stereocenters. The summed E-state index contributed by atoms with van der Waals surface area (Å²) in [4.78, 5) is 14.8. The number of fused-ring (bicyclic) bond motifs is 1. The molecule has 0 aromatic heterocycles. The van der Waals surface area contributed by atoms with Crippen LogP contribution in [0.1, 0.15) is 42.1 Å². The molecule has 1 aromatic rings. The summed E-state index contributed by atoms with van der Waals surface area (Å²) in [5.74, 6) is 0.793. The largest absolute Gasteiger partial charge is 0.489 e. The maximum absolute atomic E-state index is 12.8. The van der Waals surface area contributed by atoms with E-state index in [-0.39, 0.29) is 18.6 Å². The number of halogens is 1. The Hall–Kier alpha value is -1.88. The minimum absolute atomic E-state index is 0.104. The fourth-order valence-electron chi connectivity index (χ4n) is 3.30. The van der Waals surface area contributed by atoms with Crippen LogP contribution in [0.2, 0.25) is 0 Å². The van der Waals surface area contributed by atoms with Crippen LogP contribution in [0, 0.1) is 0 Å². The first-order valence-electron chi connectivity index (χ1n) is 8.65.